The quantitative estimate of drug-likeness (QED) is 0.539. The van der Waals surface area contributed by atoms with E-state index in [9.17, 15) is 14.4 Å². The summed E-state index contributed by atoms with van der Waals surface area (Å²) in [5, 5.41) is 5.57. The first-order valence-corrected chi connectivity index (χ1v) is 8.85. The summed E-state index contributed by atoms with van der Waals surface area (Å²) in [6, 6.07) is 11.8. The van der Waals surface area contributed by atoms with Gasteiger partial charge in [0, 0.05) is 24.2 Å². The van der Waals surface area contributed by atoms with Crippen LogP contribution >= 0.6 is 0 Å². The Morgan fingerprint density at radius 3 is 2.29 bits per heavy atom. The lowest BCUT2D eigenvalue weighted by atomic mass is 10.1. The SMILES string of the molecule is COC(=O)c1ccc(C)c(NC(=O)CCCNC(=O)c2ccc(OC)cc2)c1. The molecule has 0 atom stereocenters. The molecule has 2 rings (SSSR count). The molecule has 0 saturated carbocycles. The van der Waals surface area contributed by atoms with Crippen molar-refractivity contribution in [1.29, 1.82) is 0 Å². The Morgan fingerprint density at radius 1 is 0.964 bits per heavy atom. The van der Waals surface area contributed by atoms with Crippen molar-refractivity contribution < 1.29 is 23.9 Å². The largest absolute Gasteiger partial charge is 0.497 e. The van der Waals surface area contributed by atoms with Gasteiger partial charge in [-0.1, -0.05) is 6.07 Å². The molecule has 2 aromatic carbocycles. The van der Waals surface area contributed by atoms with Gasteiger partial charge in [0.2, 0.25) is 5.91 Å². The smallest absolute Gasteiger partial charge is 0.337 e. The average Bonchev–Trinajstić information content (AvgIpc) is 2.72. The summed E-state index contributed by atoms with van der Waals surface area (Å²) in [7, 11) is 2.87. The van der Waals surface area contributed by atoms with E-state index in [0.717, 1.165) is 5.56 Å². The minimum absolute atomic E-state index is 0.191. The number of aryl methyl sites for hydroxylation is 1. The monoisotopic (exact) mass is 384 g/mol. The lowest BCUT2D eigenvalue weighted by Gasteiger charge is -2.10. The molecule has 0 aliphatic carbocycles. The fourth-order valence-corrected chi connectivity index (χ4v) is 2.51. The van der Waals surface area contributed by atoms with Gasteiger partial charge in [0.05, 0.1) is 19.8 Å². The second-order valence-corrected chi connectivity index (χ2v) is 6.16. The highest BCUT2D eigenvalue weighted by molar-refractivity contribution is 5.96. The van der Waals surface area contributed by atoms with E-state index >= 15 is 0 Å². The number of rotatable bonds is 8. The molecule has 0 saturated heterocycles. The Labute approximate surface area is 164 Å². The topological polar surface area (TPSA) is 93.7 Å². The first kappa shape index (κ1) is 21.0. The van der Waals surface area contributed by atoms with Gasteiger partial charge in [0.25, 0.3) is 5.91 Å². The molecule has 0 fully saturated rings. The maximum atomic E-state index is 12.1. The van der Waals surface area contributed by atoms with Crippen LogP contribution in [0, 0.1) is 6.92 Å². The predicted octanol–water partition coefficient (Wildman–Crippen LogP) is 2.94. The van der Waals surface area contributed by atoms with Crippen molar-refractivity contribution >= 4 is 23.5 Å². The van der Waals surface area contributed by atoms with Gasteiger partial charge in [-0.15, -0.1) is 0 Å². The van der Waals surface area contributed by atoms with E-state index in [0.29, 0.717) is 35.5 Å². The number of anilines is 1. The molecular formula is C21H24N2O5. The van der Waals surface area contributed by atoms with Gasteiger partial charge < -0.3 is 20.1 Å². The molecule has 7 nitrogen and oxygen atoms in total. The number of hydrogen-bond acceptors (Lipinski definition) is 5. The summed E-state index contributed by atoms with van der Waals surface area (Å²) in [5.41, 5.74) is 2.31. The van der Waals surface area contributed by atoms with E-state index in [4.69, 9.17) is 4.74 Å². The maximum Gasteiger partial charge on any atom is 0.337 e. The summed E-state index contributed by atoms with van der Waals surface area (Å²) in [4.78, 5) is 35.8. The molecule has 2 aromatic rings. The molecule has 0 radical (unpaired) electrons. The number of carbonyl (C=O) groups is 3. The molecule has 0 spiro atoms. The number of nitrogens with one attached hydrogen (secondary N) is 2. The molecule has 0 aliphatic heterocycles. The second-order valence-electron chi connectivity index (χ2n) is 6.16. The molecule has 148 valence electrons. The molecule has 28 heavy (non-hydrogen) atoms. The van der Waals surface area contributed by atoms with Gasteiger partial charge in [-0.2, -0.15) is 0 Å². The third-order valence-electron chi connectivity index (χ3n) is 4.15. The van der Waals surface area contributed by atoms with Crippen LogP contribution in [0.4, 0.5) is 5.69 Å². The Bertz CT molecular complexity index is 846. The summed E-state index contributed by atoms with van der Waals surface area (Å²) in [6.45, 7) is 2.21. The molecule has 0 bridgehead atoms. The first-order chi connectivity index (χ1) is 13.4. The van der Waals surface area contributed by atoms with E-state index in [1.165, 1.54) is 7.11 Å². The molecule has 0 aliphatic rings. The Balaban J connectivity index is 1.79. The van der Waals surface area contributed by atoms with E-state index in [1.807, 2.05) is 6.92 Å². The minimum atomic E-state index is -0.461. The van der Waals surface area contributed by atoms with Crippen molar-refractivity contribution in [3.8, 4) is 5.75 Å². The summed E-state index contributed by atoms with van der Waals surface area (Å²) in [6.07, 6.45) is 0.730. The third-order valence-corrected chi connectivity index (χ3v) is 4.15. The van der Waals surface area contributed by atoms with Gasteiger partial charge in [-0.3, -0.25) is 9.59 Å². The van der Waals surface area contributed by atoms with E-state index in [1.54, 1.807) is 49.6 Å². The average molecular weight is 384 g/mol. The van der Waals surface area contributed by atoms with Crippen molar-refractivity contribution in [3.05, 3.63) is 59.2 Å². The van der Waals surface area contributed by atoms with Crippen LogP contribution < -0.4 is 15.4 Å². The van der Waals surface area contributed by atoms with Gasteiger partial charge in [-0.05, 0) is 55.3 Å². The number of amides is 2. The minimum Gasteiger partial charge on any atom is -0.497 e. The molecule has 0 unspecified atom stereocenters. The van der Waals surface area contributed by atoms with Crippen LogP contribution in [0.5, 0.6) is 5.75 Å². The van der Waals surface area contributed by atoms with Crippen LogP contribution in [-0.4, -0.2) is 38.5 Å². The summed E-state index contributed by atoms with van der Waals surface area (Å²) in [5.74, 6) is -0.176. The van der Waals surface area contributed by atoms with Gasteiger partial charge in [0.1, 0.15) is 5.75 Å². The van der Waals surface area contributed by atoms with Crippen molar-refractivity contribution in [2.45, 2.75) is 19.8 Å². The molecular weight excluding hydrogens is 360 g/mol. The zero-order valence-electron chi connectivity index (χ0n) is 16.2. The second kappa shape index (κ2) is 10.1. The van der Waals surface area contributed by atoms with Crippen molar-refractivity contribution in [2.24, 2.45) is 0 Å². The number of hydrogen-bond donors (Lipinski definition) is 2. The zero-order valence-corrected chi connectivity index (χ0v) is 16.2. The lowest BCUT2D eigenvalue weighted by Crippen LogP contribution is -2.25. The number of ether oxygens (including phenoxy) is 2. The van der Waals surface area contributed by atoms with Crippen LogP contribution in [0.1, 0.15) is 39.1 Å². The van der Waals surface area contributed by atoms with Gasteiger partial charge in [0.15, 0.2) is 0 Å². The van der Waals surface area contributed by atoms with Gasteiger partial charge >= 0.3 is 5.97 Å². The van der Waals surface area contributed by atoms with Crippen LogP contribution in [0.3, 0.4) is 0 Å². The molecule has 2 N–H and O–H groups in total. The summed E-state index contributed by atoms with van der Waals surface area (Å²) >= 11 is 0. The van der Waals surface area contributed by atoms with Gasteiger partial charge in [-0.25, -0.2) is 4.79 Å². The number of carbonyl (C=O) groups excluding carboxylic acids is 3. The summed E-state index contributed by atoms with van der Waals surface area (Å²) < 4.78 is 9.74. The van der Waals surface area contributed by atoms with E-state index in [-0.39, 0.29) is 18.2 Å². The third kappa shape index (κ3) is 5.84. The number of methoxy groups -OCH3 is 2. The lowest BCUT2D eigenvalue weighted by molar-refractivity contribution is -0.116. The molecule has 7 heteroatoms. The Kier molecular flexibility index (Phi) is 7.56. The zero-order chi connectivity index (χ0) is 20.5. The van der Waals surface area contributed by atoms with Crippen molar-refractivity contribution in [3.63, 3.8) is 0 Å². The van der Waals surface area contributed by atoms with Crippen LogP contribution in [0.15, 0.2) is 42.5 Å². The van der Waals surface area contributed by atoms with Crippen LogP contribution in [0.25, 0.3) is 0 Å². The highest BCUT2D eigenvalue weighted by Gasteiger charge is 2.11. The molecule has 0 heterocycles. The maximum absolute atomic E-state index is 12.1. The Morgan fingerprint density at radius 2 is 1.64 bits per heavy atom. The van der Waals surface area contributed by atoms with Crippen LogP contribution in [0.2, 0.25) is 0 Å². The standard InChI is InChI=1S/C21H24N2O5/c1-14-6-7-16(21(26)28-3)13-18(14)23-19(24)5-4-12-22-20(25)15-8-10-17(27-2)11-9-15/h6-11,13H,4-5,12H2,1-3H3,(H,22,25)(H,23,24). The number of esters is 1. The normalized spacial score (nSPS) is 10.1. The first-order valence-electron chi connectivity index (χ1n) is 8.85. The van der Waals surface area contributed by atoms with Crippen molar-refractivity contribution in [2.75, 3.05) is 26.1 Å². The fraction of sp³-hybridized carbons (Fsp3) is 0.286. The van der Waals surface area contributed by atoms with E-state index < -0.39 is 5.97 Å². The highest BCUT2D eigenvalue weighted by Crippen LogP contribution is 2.18. The number of benzene rings is 2. The van der Waals surface area contributed by atoms with Crippen LogP contribution in [-0.2, 0) is 9.53 Å². The fourth-order valence-electron chi connectivity index (χ4n) is 2.51. The van der Waals surface area contributed by atoms with E-state index in [2.05, 4.69) is 15.4 Å². The highest BCUT2D eigenvalue weighted by atomic mass is 16.5. The molecule has 0 aromatic heterocycles. The Hall–Kier alpha value is -3.35. The molecule has 2 amide bonds. The predicted molar refractivity (Wildman–Crippen MR) is 106 cm³/mol. The van der Waals surface area contributed by atoms with Crippen molar-refractivity contribution in [1.82, 2.24) is 5.32 Å².